The van der Waals surface area contributed by atoms with Crippen molar-refractivity contribution >= 4 is 5.78 Å². The summed E-state index contributed by atoms with van der Waals surface area (Å²) in [7, 11) is 1.61. The van der Waals surface area contributed by atoms with Gasteiger partial charge in [-0.2, -0.15) is 0 Å². The van der Waals surface area contributed by atoms with E-state index in [1.807, 2.05) is 12.1 Å². The van der Waals surface area contributed by atoms with Crippen molar-refractivity contribution in [3.63, 3.8) is 0 Å². The lowest BCUT2D eigenvalue weighted by molar-refractivity contribution is -0.132. The van der Waals surface area contributed by atoms with Gasteiger partial charge in [-0.05, 0) is 24.0 Å². The maximum atomic E-state index is 12.2. The average Bonchev–Trinajstić information content (AvgIpc) is 2.45. The van der Waals surface area contributed by atoms with E-state index in [-0.39, 0.29) is 18.0 Å². The lowest BCUT2D eigenvalue weighted by Crippen LogP contribution is -2.27. The molecule has 0 radical (unpaired) electrons. The van der Waals surface area contributed by atoms with Crippen LogP contribution in [-0.2, 0) is 20.7 Å². The van der Waals surface area contributed by atoms with Crippen molar-refractivity contribution in [2.45, 2.75) is 44.8 Å². The molecule has 0 N–H and O–H groups in total. The first-order chi connectivity index (χ1) is 9.26. The number of rotatable bonds is 6. The van der Waals surface area contributed by atoms with Crippen LogP contribution in [0.1, 0.15) is 43.4 Å². The quantitative estimate of drug-likeness (QED) is 0.790. The summed E-state index contributed by atoms with van der Waals surface area (Å²) < 4.78 is 11.0. The second kappa shape index (κ2) is 6.83. The van der Waals surface area contributed by atoms with Crippen molar-refractivity contribution in [3.8, 4) is 0 Å². The summed E-state index contributed by atoms with van der Waals surface area (Å²) in [5, 5.41) is 0. The first-order valence-electron chi connectivity index (χ1n) is 7.01. The summed E-state index contributed by atoms with van der Waals surface area (Å²) in [5.74, 6) is 0.144. The third-order valence-corrected chi connectivity index (χ3v) is 3.67. The van der Waals surface area contributed by atoms with E-state index in [1.54, 1.807) is 7.11 Å². The zero-order chi connectivity index (χ0) is 13.7. The fraction of sp³-hybridized carbons (Fsp3) is 0.562. The van der Waals surface area contributed by atoms with Crippen LogP contribution in [-0.4, -0.2) is 25.6 Å². The summed E-state index contributed by atoms with van der Waals surface area (Å²) in [4.78, 5) is 12.2. The number of methoxy groups -OCH3 is 1. The highest BCUT2D eigenvalue weighted by molar-refractivity contribution is 5.83. The van der Waals surface area contributed by atoms with Crippen molar-refractivity contribution in [3.05, 3.63) is 35.4 Å². The van der Waals surface area contributed by atoms with Gasteiger partial charge >= 0.3 is 0 Å². The Hall–Kier alpha value is -1.19. The number of carbonyl (C=O) groups excluding carboxylic acids is 1. The molecule has 0 fully saturated rings. The van der Waals surface area contributed by atoms with E-state index in [9.17, 15) is 4.79 Å². The molecule has 3 nitrogen and oxygen atoms in total. The molecule has 0 saturated heterocycles. The molecule has 0 spiro atoms. The molecule has 19 heavy (non-hydrogen) atoms. The fourth-order valence-electron chi connectivity index (χ4n) is 2.63. The van der Waals surface area contributed by atoms with Crippen molar-refractivity contribution < 1.29 is 14.3 Å². The van der Waals surface area contributed by atoms with Gasteiger partial charge in [-0.25, -0.2) is 0 Å². The highest BCUT2D eigenvalue weighted by Crippen LogP contribution is 2.30. The van der Waals surface area contributed by atoms with Crippen LogP contribution in [0.4, 0.5) is 0 Å². The SMILES string of the molecule is CCCC(OC)C(=O)CC1OCCc2ccccc21. The first kappa shape index (κ1) is 14.2. The second-order valence-corrected chi connectivity index (χ2v) is 4.99. The van der Waals surface area contributed by atoms with Gasteiger partial charge in [-0.3, -0.25) is 4.79 Å². The molecular weight excluding hydrogens is 240 g/mol. The van der Waals surface area contributed by atoms with E-state index in [1.165, 1.54) is 5.56 Å². The van der Waals surface area contributed by atoms with Crippen LogP contribution < -0.4 is 0 Å². The smallest absolute Gasteiger partial charge is 0.164 e. The number of fused-ring (bicyclic) bond motifs is 1. The number of hydrogen-bond donors (Lipinski definition) is 0. The summed E-state index contributed by atoms with van der Waals surface area (Å²) in [5.41, 5.74) is 2.46. The van der Waals surface area contributed by atoms with Crippen molar-refractivity contribution in [2.24, 2.45) is 0 Å². The highest BCUT2D eigenvalue weighted by atomic mass is 16.5. The maximum absolute atomic E-state index is 12.2. The molecule has 2 rings (SSSR count). The molecular formula is C16H22O3. The van der Waals surface area contributed by atoms with Gasteiger partial charge in [0.1, 0.15) is 6.10 Å². The second-order valence-electron chi connectivity index (χ2n) is 4.99. The van der Waals surface area contributed by atoms with Crippen LogP contribution in [0.3, 0.4) is 0 Å². The van der Waals surface area contributed by atoms with Gasteiger partial charge in [-0.15, -0.1) is 0 Å². The lowest BCUT2D eigenvalue weighted by Gasteiger charge is -2.26. The Labute approximate surface area is 114 Å². The summed E-state index contributed by atoms with van der Waals surface area (Å²) >= 11 is 0. The molecule has 104 valence electrons. The average molecular weight is 262 g/mol. The van der Waals surface area contributed by atoms with Gasteiger partial charge < -0.3 is 9.47 Å². The minimum Gasteiger partial charge on any atom is -0.374 e. The number of hydrogen-bond acceptors (Lipinski definition) is 3. The molecule has 1 aromatic rings. The standard InChI is InChI=1S/C16H22O3/c1-3-6-15(18-2)14(17)11-16-13-8-5-4-7-12(13)9-10-19-16/h4-5,7-8,15-16H,3,6,9-11H2,1-2H3. The summed E-state index contributed by atoms with van der Waals surface area (Å²) in [6.07, 6.45) is 2.68. The number of ether oxygens (including phenoxy) is 2. The molecule has 1 aliphatic rings. The lowest BCUT2D eigenvalue weighted by atomic mass is 9.93. The van der Waals surface area contributed by atoms with Crippen molar-refractivity contribution in [1.29, 1.82) is 0 Å². The van der Waals surface area contributed by atoms with E-state index in [2.05, 4.69) is 19.1 Å². The van der Waals surface area contributed by atoms with Crippen LogP contribution in [0.25, 0.3) is 0 Å². The number of ketones is 1. The summed E-state index contributed by atoms with van der Waals surface area (Å²) in [6, 6.07) is 8.23. The van der Waals surface area contributed by atoms with Crippen molar-refractivity contribution in [1.82, 2.24) is 0 Å². The van der Waals surface area contributed by atoms with Crippen LogP contribution in [0.2, 0.25) is 0 Å². The topological polar surface area (TPSA) is 35.5 Å². The van der Waals surface area contributed by atoms with Crippen LogP contribution in [0.15, 0.2) is 24.3 Å². The van der Waals surface area contributed by atoms with E-state index in [0.717, 1.165) is 24.8 Å². The van der Waals surface area contributed by atoms with E-state index in [4.69, 9.17) is 9.47 Å². The third kappa shape index (κ3) is 3.43. The molecule has 0 bridgehead atoms. The van der Waals surface area contributed by atoms with Gasteiger partial charge in [0.15, 0.2) is 5.78 Å². The van der Waals surface area contributed by atoms with Gasteiger partial charge in [0.2, 0.25) is 0 Å². The fourth-order valence-corrected chi connectivity index (χ4v) is 2.63. The van der Waals surface area contributed by atoms with E-state index < -0.39 is 0 Å². The monoisotopic (exact) mass is 262 g/mol. The minimum atomic E-state index is -0.289. The predicted molar refractivity (Wildman–Crippen MR) is 74.2 cm³/mol. The number of benzene rings is 1. The number of Topliss-reactive ketones (excluding diaryl/α,β-unsaturated/α-hetero) is 1. The van der Waals surface area contributed by atoms with E-state index in [0.29, 0.717) is 13.0 Å². The molecule has 2 unspecified atom stereocenters. The molecule has 1 heterocycles. The predicted octanol–water partition coefficient (Wildman–Crippen LogP) is 3.07. The Bertz CT molecular complexity index is 428. The largest absolute Gasteiger partial charge is 0.374 e. The van der Waals surface area contributed by atoms with Crippen LogP contribution in [0, 0.1) is 0 Å². The zero-order valence-electron chi connectivity index (χ0n) is 11.7. The number of carbonyl (C=O) groups is 1. The molecule has 1 aromatic carbocycles. The minimum absolute atomic E-state index is 0.105. The van der Waals surface area contributed by atoms with Gasteiger partial charge in [0.05, 0.1) is 12.7 Å². The molecule has 3 heteroatoms. The van der Waals surface area contributed by atoms with E-state index >= 15 is 0 Å². The highest BCUT2D eigenvalue weighted by Gasteiger charge is 2.26. The Balaban J connectivity index is 2.06. The first-order valence-corrected chi connectivity index (χ1v) is 7.01. The Kier molecular flexibility index (Phi) is 5.11. The van der Waals surface area contributed by atoms with Gasteiger partial charge in [-0.1, -0.05) is 37.6 Å². The molecule has 2 atom stereocenters. The van der Waals surface area contributed by atoms with Gasteiger partial charge in [0, 0.05) is 13.5 Å². The normalized spacial score (nSPS) is 19.8. The third-order valence-electron chi connectivity index (χ3n) is 3.67. The van der Waals surface area contributed by atoms with Gasteiger partial charge in [0.25, 0.3) is 0 Å². The zero-order valence-corrected chi connectivity index (χ0v) is 11.7. The molecule has 0 aromatic heterocycles. The Morgan fingerprint density at radius 2 is 2.26 bits per heavy atom. The molecule has 0 aliphatic carbocycles. The molecule has 0 amide bonds. The molecule has 0 saturated carbocycles. The van der Waals surface area contributed by atoms with Crippen LogP contribution >= 0.6 is 0 Å². The van der Waals surface area contributed by atoms with Crippen molar-refractivity contribution in [2.75, 3.05) is 13.7 Å². The Morgan fingerprint density at radius 3 is 3.00 bits per heavy atom. The maximum Gasteiger partial charge on any atom is 0.164 e. The Morgan fingerprint density at radius 1 is 1.47 bits per heavy atom. The summed E-state index contributed by atoms with van der Waals surface area (Å²) in [6.45, 7) is 2.76. The van der Waals surface area contributed by atoms with Crippen LogP contribution in [0.5, 0.6) is 0 Å². The molecule has 1 aliphatic heterocycles.